The third-order valence-corrected chi connectivity index (χ3v) is 3.66. The fraction of sp³-hybridized carbons (Fsp3) is 0.500. The molecule has 1 unspecified atom stereocenters. The number of hydrogen-bond acceptors (Lipinski definition) is 1. The molecule has 1 atom stereocenters. The van der Waals surface area contributed by atoms with Gasteiger partial charge in [0.1, 0.15) is 0 Å². The van der Waals surface area contributed by atoms with Crippen molar-refractivity contribution in [3.8, 4) is 0 Å². The molecular weight excluding hydrogens is 236 g/mol. The van der Waals surface area contributed by atoms with Gasteiger partial charge in [0.2, 0.25) is 0 Å². The quantitative estimate of drug-likeness (QED) is 0.892. The predicted molar refractivity (Wildman–Crippen MR) is 68.7 cm³/mol. The van der Waals surface area contributed by atoms with E-state index in [9.17, 15) is 4.79 Å². The largest absolute Gasteiger partial charge is 0.481 e. The molecule has 92 valence electrons. The maximum Gasteiger partial charge on any atom is 0.310 e. The molecule has 0 heterocycles. The minimum Gasteiger partial charge on any atom is -0.481 e. The van der Waals surface area contributed by atoms with Crippen molar-refractivity contribution in [3.63, 3.8) is 0 Å². The fourth-order valence-corrected chi connectivity index (χ4v) is 2.78. The van der Waals surface area contributed by atoms with E-state index in [1.165, 1.54) is 0 Å². The number of fused-ring (bicyclic) bond motifs is 1. The lowest BCUT2D eigenvalue weighted by atomic mass is 9.96. The van der Waals surface area contributed by atoms with E-state index in [-0.39, 0.29) is 5.92 Å². The van der Waals surface area contributed by atoms with Crippen molar-refractivity contribution in [3.05, 3.63) is 33.8 Å². The van der Waals surface area contributed by atoms with Gasteiger partial charge in [-0.15, -0.1) is 0 Å². The summed E-state index contributed by atoms with van der Waals surface area (Å²) in [6, 6.07) is 3.96. The molecule has 0 fully saturated rings. The third kappa shape index (κ3) is 2.47. The highest BCUT2D eigenvalue weighted by Crippen LogP contribution is 2.37. The fourth-order valence-electron chi connectivity index (χ4n) is 2.53. The van der Waals surface area contributed by atoms with E-state index in [0.717, 1.165) is 29.5 Å². The van der Waals surface area contributed by atoms with Gasteiger partial charge in [-0.25, -0.2) is 0 Å². The standard InChI is InChI=1S/C14H17ClO2/c1-8(2)5-10-6-9-3-4-11(14(16)17)12(9)7-13(10)15/h6-8,11H,3-5H2,1-2H3,(H,16,17). The topological polar surface area (TPSA) is 37.3 Å². The first kappa shape index (κ1) is 12.4. The number of rotatable bonds is 3. The zero-order valence-corrected chi connectivity index (χ0v) is 10.9. The molecule has 0 amide bonds. The van der Waals surface area contributed by atoms with Crippen molar-refractivity contribution in [1.82, 2.24) is 0 Å². The number of hydrogen-bond donors (Lipinski definition) is 1. The Morgan fingerprint density at radius 1 is 1.53 bits per heavy atom. The molecule has 0 saturated heterocycles. The van der Waals surface area contributed by atoms with Crippen LogP contribution >= 0.6 is 11.6 Å². The predicted octanol–water partition coefficient (Wildman–Crippen LogP) is 3.65. The molecule has 0 bridgehead atoms. The van der Waals surface area contributed by atoms with Crippen LogP contribution in [0.5, 0.6) is 0 Å². The van der Waals surface area contributed by atoms with E-state index in [1.54, 1.807) is 0 Å². The number of carboxylic acid groups (broad SMARTS) is 1. The molecule has 0 spiro atoms. The SMILES string of the molecule is CC(C)Cc1cc2c(cc1Cl)C(C(=O)O)CC2. The van der Waals surface area contributed by atoms with Crippen LogP contribution in [0.25, 0.3) is 0 Å². The highest BCUT2D eigenvalue weighted by Gasteiger charge is 2.29. The molecule has 0 aliphatic heterocycles. The van der Waals surface area contributed by atoms with E-state index in [0.29, 0.717) is 17.4 Å². The zero-order valence-electron chi connectivity index (χ0n) is 10.2. The van der Waals surface area contributed by atoms with E-state index in [1.807, 2.05) is 6.07 Å². The molecule has 0 saturated carbocycles. The Hall–Kier alpha value is -1.02. The molecular formula is C14H17ClO2. The number of aliphatic carboxylic acids is 1. The van der Waals surface area contributed by atoms with Crippen LogP contribution < -0.4 is 0 Å². The summed E-state index contributed by atoms with van der Waals surface area (Å²) < 4.78 is 0. The Labute approximate surface area is 107 Å². The van der Waals surface area contributed by atoms with Crippen LogP contribution in [0.3, 0.4) is 0 Å². The van der Waals surface area contributed by atoms with Crippen molar-refractivity contribution in [1.29, 1.82) is 0 Å². The molecule has 2 nitrogen and oxygen atoms in total. The average molecular weight is 253 g/mol. The maximum atomic E-state index is 11.1. The van der Waals surface area contributed by atoms with Gasteiger partial charge in [-0.1, -0.05) is 31.5 Å². The van der Waals surface area contributed by atoms with Gasteiger partial charge in [-0.2, -0.15) is 0 Å². The lowest BCUT2D eigenvalue weighted by Gasteiger charge is -2.12. The number of halogens is 1. The highest BCUT2D eigenvalue weighted by atomic mass is 35.5. The summed E-state index contributed by atoms with van der Waals surface area (Å²) in [5, 5.41) is 9.84. The summed E-state index contributed by atoms with van der Waals surface area (Å²) in [6.07, 6.45) is 2.50. The summed E-state index contributed by atoms with van der Waals surface area (Å²) in [6.45, 7) is 4.31. The Kier molecular flexibility index (Phi) is 3.43. The molecule has 1 N–H and O–H groups in total. The molecule has 3 heteroatoms. The summed E-state index contributed by atoms with van der Waals surface area (Å²) in [5.74, 6) is -0.547. The Bertz CT molecular complexity index is 452. The molecule has 1 aromatic rings. The second-order valence-corrected chi connectivity index (χ2v) is 5.58. The van der Waals surface area contributed by atoms with Gasteiger partial charge < -0.3 is 5.11 Å². The number of carboxylic acids is 1. The zero-order chi connectivity index (χ0) is 12.6. The highest BCUT2D eigenvalue weighted by molar-refractivity contribution is 6.31. The minimum absolute atomic E-state index is 0.365. The number of aryl methyl sites for hydroxylation is 1. The second-order valence-electron chi connectivity index (χ2n) is 5.17. The first-order valence-corrected chi connectivity index (χ1v) is 6.41. The van der Waals surface area contributed by atoms with Crippen LogP contribution in [0.1, 0.15) is 42.9 Å². The third-order valence-electron chi connectivity index (χ3n) is 3.31. The van der Waals surface area contributed by atoms with Crippen LogP contribution in [-0.2, 0) is 17.6 Å². The van der Waals surface area contributed by atoms with E-state index in [2.05, 4.69) is 19.9 Å². The van der Waals surface area contributed by atoms with Gasteiger partial charge in [0.05, 0.1) is 5.92 Å². The summed E-state index contributed by atoms with van der Waals surface area (Å²) in [4.78, 5) is 11.1. The van der Waals surface area contributed by atoms with E-state index >= 15 is 0 Å². The van der Waals surface area contributed by atoms with Gasteiger partial charge in [0.15, 0.2) is 0 Å². The van der Waals surface area contributed by atoms with Crippen molar-refractivity contribution in [2.45, 2.75) is 39.0 Å². The molecule has 0 radical (unpaired) electrons. The van der Waals surface area contributed by atoms with Crippen molar-refractivity contribution in [2.24, 2.45) is 5.92 Å². The van der Waals surface area contributed by atoms with Gasteiger partial charge in [-0.05, 0) is 47.9 Å². The molecule has 2 rings (SSSR count). The van der Waals surface area contributed by atoms with E-state index < -0.39 is 5.97 Å². The summed E-state index contributed by atoms with van der Waals surface area (Å²) in [7, 11) is 0. The molecule has 1 aliphatic carbocycles. The number of carbonyl (C=O) groups is 1. The van der Waals surface area contributed by atoms with Crippen LogP contribution in [0.4, 0.5) is 0 Å². The van der Waals surface area contributed by atoms with Crippen molar-refractivity contribution in [2.75, 3.05) is 0 Å². The van der Waals surface area contributed by atoms with Gasteiger partial charge >= 0.3 is 5.97 Å². The number of benzene rings is 1. The first-order valence-electron chi connectivity index (χ1n) is 6.03. The van der Waals surface area contributed by atoms with Crippen LogP contribution in [0, 0.1) is 5.92 Å². The molecule has 17 heavy (non-hydrogen) atoms. The van der Waals surface area contributed by atoms with Gasteiger partial charge in [0, 0.05) is 5.02 Å². The van der Waals surface area contributed by atoms with Crippen molar-refractivity contribution < 1.29 is 9.90 Å². The summed E-state index contributed by atoms with van der Waals surface area (Å²) >= 11 is 6.23. The minimum atomic E-state index is -0.739. The van der Waals surface area contributed by atoms with Crippen LogP contribution in [0.2, 0.25) is 5.02 Å². The Morgan fingerprint density at radius 2 is 2.24 bits per heavy atom. The lowest BCUT2D eigenvalue weighted by molar-refractivity contribution is -0.138. The average Bonchev–Trinajstić information content (AvgIpc) is 2.60. The van der Waals surface area contributed by atoms with E-state index in [4.69, 9.17) is 16.7 Å². The van der Waals surface area contributed by atoms with Crippen LogP contribution in [-0.4, -0.2) is 11.1 Å². The Morgan fingerprint density at radius 3 is 2.82 bits per heavy atom. The van der Waals surface area contributed by atoms with Gasteiger partial charge in [0.25, 0.3) is 0 Å². The second kappa shape index (κ2) is 4.69. The smallest absolute Gasteiger partial charge is 0.310 e. The molecule has 0 aromatic heterocycles. The van der Waals surface area contributed by atoms with Gasteiger partial charge in [-0.3, -0.25) is 4.79 Å². The summed E-state index contributed by atoms with van der Waals surface area (Å²) in [5.41, 5.74) is 3.22. The van der Waals surface area contributed by atoms with Crippen molar-refractivity contribution >= 4 is 17.6 Å². The van der Waals surface area contributed by atoms with Crippen LogP contribution in [0.15, 0.2) is 12.1 Å². The Balaban J connectivity index is 2.37. The monoisotopic (exact) mass is 252 g/mol. The first-order chi connectivity index (χ1) is 7.99. The molecule has 1 aliphatic rings. The molecule has 1 aromatic carbocycles. The normalized spacial score (nSPS) is 18.5. The maximum absolute atomic E-state index is 11.1. The lowest BCUT2D eigenvalue weighted by Crippen LogP contribution is -2.08.